The van der Waals surface area contributed by atoms with E-state index in [0.717, 1.165) is 0 Å². The molecule has 0 fully saturated rings. The number of aromatic nitrogens is 2. The first-order valence-corrected chi connectivity index (χ1v) is 7.41. The quantitative estimate of drug-likeness (QED) is 0.676. The lowest BCUT2D eigenvalue weighted by molar-refractivity contribution is 0.102. The lowest BCUT2D eigenvalue weighted by Gasteiger charge is -2.13. The van der Waals surface area contributed by atoms with E-state index in [4.69, 9.17) is 21.1 Å². The third kappa shape index (κ3) is 6.35. The molecule has 1 aromatic carbocycles. The molecule has 0 radical (unpaired) electrons. The molecule has 0 saturated heterocycles. The van der Waals surface area contributed by atoms with Crippen LogP contribution in [-0.2, 0) is 0 Å². The van der Waals surface area contributed by atoms with Gasteiger partial charge in [-0.15, -0.1) is 10.2 Å². The first-order valence-electron chi connectivity index (χ1n) is 7.03. The average molecular weight is 342 g/mol. The molecule has 0 amide bonds. The smallest absolute Gasteiger partial charge is 0.233 e. The molecule has 0 saturated carbocycles. The normalized spacial score (nSPS) is 12.0. The Morgan fingerprint density at radius 3 is 2.74 bits per heavy atom. The standard InChI is InChI=1S/C15H17ClFN3O3/c16-14-5-6-15(20-19-14)23-10-11(21)9-18-7-8-22-13-4-2-1-3-12(13)17/h1-6,11,18,21H,7-10H2. The highest BCUT2D eigenvalue weighted by Gasteiger charge is 2.06. The summed E-state index contributed by atoms with van der Waals surface area (Å²) in [5.74, 6) is 0.0980. The molecule has 1 aromatic heterocycles. The molecule has 2 N–H and O–H groups in total. The number of nitrogens with zero attached hydrogens (tertiary/aromatic N) is 2. The van der Waals surface area contributed by atoms with Crippen LogP contribution in [0.4, 0.5) is 4.39 Å². The summed E-state index contributed by atoms with van der Waals surface area (Å²) in [5.41, 5.74) is 0. The van der Waals surface area contributed by atoms with E-state index in [1.165, 1.54) is 6.07 Å². The number of hydrogen-bond acceptors (Lipinski definition) is 6. The van der Waals surface area contributed by atoms with E-state index in [0.29, 0.717) is 13.1 Å². The second kappa shape index (κ2) is 9.24. The van der Waals surface area contributed by atoms with Crippen LogP contribution in [0.2, 0.25) is 5.15 Å². The molecule has 124 valence electrons. The highest BCUT2D eigenvalue weighted by atomic mass is 35.5. The molecule has 1 heterocycles. The largest absolute Gasteiger partial charge is 0.489 e. The first-order chi connectivity index (χ1) is 11.1. The number of para-hydroxylation sites is 1. The molecule has 0 bridgehead atoms. The van der Waals surface area contributed by atoms with Gasteiger partial charge in [-0.1, -0.05) is 23.7 Å². The summed E-state index contributed by atoms with van der Waals surface area (Å²) in [4.78, 5) is 0. The minimum absolute atomic E-state index is 0.0669. The van der Waals surface area contributed by atoms with Crippen LogP contribution in [0.25, 0.3) is 0 Å². The van der Waals surface area contributed by atoms with Gasteiger partial charge in [-0.25, -0.2) is 4.39 Å². The van der Waals surface area contributed by atoms with E-state index in [1.54, 1.807) is 30.3 Å². The van der Waals surface area contributed by atoms with Crippen LogP contribution in [0.3, 0.4) is 0 Å². The van der Waals surface area contributed by atoms with E-state index in [2.05, 4.69) is 15.5 Å². The molecular formula is C15H17ClFN3O3. The zero-order chi connectivity index (χ0) is 16.5. The van der Waals surface area contributed by atoms with Gasteiger partial charge in [-0.3, -0.25) is 0 Å². The Morgan fingerprint density at radius 2 is 2.00 bits per heavy atom. The second-order valence-electron chi connectivity index (χ2n) is 4.64. The second-order valence-corrected chi connectivity index (χ2v) is 5.03. The molecule has 8 heteroatoms. The van der Waals surface area contributed by atoms with Gasteiger partial charge >= 0.3 is 0 Å². The topological polar surface area (TPSA) is 76.5 Å². The minimum Gasteiger partial charge on any atom is -0.489 e. The van der Waals surface area contributed by atoms with Crippen LogP contribution in [0.5, 0.6) is 11.6 Å². The van der Waals surface area contributed by atoms with E-state index < -0.39 is 11.9 Å². The van der Waals surface area contributed by atoms with Crippen molar-refractivity contribution >= 4 is 11.6 Å². The lowest BCUT2D eigenvalue weighted by Crippen LogP contribution is -2.33. The lowest BCUT2D eigenvalue weighted by atomic mass is 10.3. The van der Waals surface area contributed by atoms with E-state index in [9.17, 15) is 9.50 Å². The Labute approximate surface area is 138 Å². The van der Waals surface area contributed by atoms with Crippen LogP contribution >= 0.6 is 11.6 Å². The van der Waals surface area contributed by atoms with Gasteiger partial charge in [-0.2, -0.15) is 0 Å². The third-order valence-electron chi connectivity index (χ3n) is 2.78. The fourth-order valence-electron chi connectivity index (χ4n) is 1.68. The molecule has 2 rings (SSSR count). The van der Waals surface area contributed by atoms with Crippen molar-refractivity contribution in [2.24, 2.45) is 0 Å². The van der Waals surface area contributed by atoms with Gasteiger partial charge < -0.3 is 19.9 Å². The van der Waals surface area contributed by atoms with Crippen molar-refractivity contribution in [3.8, 4) is 11.6 Å². The van der Waals surface area contributed by atoms with E-state index >= 15 is 0 Å². The van der Waals surface area contributed by atoms with Crippen molar-refractivity contribution in [2.45, 2.75) is 6.10 Å². The number of aliphatic hydroxyl groups excluding tert-OH is 1. The Hall–Kier alpha value is -1.96. The van der Waals surface area contributed by atoms with Crippen molar-refractivity contribution in [2.75, 3.05) is 26.3 Å². The zero-order valence-corrected chi connectivity index (χ0v) is 13.0. The summed E-state index contributed by atoms with van der Waals surface area (Å²) >= 11 is 5.60. The summed E-state index contributed by atoms with van der Waals surface area (Å²) in [6, 6.07) is 9.31. The van der Waals surface area contributed by atoms with Gasteiger partial charge in [0.05, 0.1) is 0 Å². The number of hydrogen-bond donors (Lipinski definition) is 2. The van der Waals surface area contributed by atoms with Crippen LogP contribution in [0.15, 0.2) is 36.4 Å². The number of benzene rings is 1. The number of halogens is 2. The van der Waals surface area contributed by atoms with Crippen molar-refractivity contribution in [1.82, 2.24) is 15.5 Å². The fraction of sp³-hybridized carbons (Fsp3) is 0.333. The van der Waals surface area contributed by atoms with E-state index in [-0.39, 0.29) is 30.0 Å². The Kier molecular flexibility index (Phi) is 6.99. The first kappa shape index (κ1) is 17.4. The third-order valence-corrected chi connectivity index (χ3v) is 2.99. The van der Waals surface area contributed by atoms with Gasteiger partial charge in [0.25, 0.3) is 0 Å². The summed E-state index contributed by atoms with van der Waals surface area (Å²) in [6.45, 7) is 1.13. The van der Waals surface area contributed by atoms with Crippen molar-refractivity contribution in [3.63, 3.8) is 0 Å². The van der Waals surface area contributed by atoms with E-state index in [1.807, 2.05) is 0 Å². The highest BCUT2D eigenvalue weighted by Crippen LogP contribution is 2.14. The molecule has 2 aromatic rings. The summed E-state index contributed by atoms with van der Waals surface area (Å²) in [5, 5.41) is 20.4. The SMILES string of the molecule is OC(CNCCOc1ccccc1F)COc1ccc(Cl)nn1. The van der Waals surface area contributed by atoms with Crippen molar-refractivity contribution in [3.05, 3.63) is 47.4 Å². The van der Waals surface area contributed by atoms with Crippen LogP contribution in [-0.4, -0.2) is 47.7 Å². The van der Waals surface area contributed by atoms with Crippen LogP contribution in [0, 0.1) is 5.82 Å². The molecule has 1 atom stereocenters. The van der Waals surface area contributed by atoms with Crippen molar-refractivity contribution in [1.29, 1.82) is 0 Å². The molecule has 6 nitrogen and oxygen atoms in total. The summed E-state index contributed by atoms with van der Waals surface area (Å²) in [7, 11) is 0. The molecular weight excluding hydrogens is 325 g/mol. The average Bonchev–Trinajstić information content (AvgIpc) is 2.55. The molecule has 23 heavy (non-hydrogen) atoms. The van der Waals surface area contributed by atoms with Crippen molar-refractivity contribution < 1.29 is 19.0 Å². The predicted molar refractivity (Wildman–Crippen MR) is 83.3 cm³/mol. The number of aliphatic hydroxyl groups is 1. The highest BCUT2D eigenvalue weighted by molar-refractivity contribution is 6.29. The Bertz CT molecular complexity index is 601. The summed E-state index contributed by atoms with van der Waals surface area (Å²) < 4.78 is 23.8. The van der Waals surface area contributed by atoms with Gasteiger partial charge in [0.1, 0.15) is 19.3 Å². The van der Waals surface area contributed by atoms with Gasteiger partial charge in [0.2, 0.25) is 5.88 Å². The van der Waals surface area contributed by atoms with Gasteiger partial charge in [0, 0.05) is 19.2 Å². The molecule has 0 aliphatic carbocycles. The fourth-order valence-corrected chi connectivity index (χ4v) is 1.79. The van der Waals surface area contributed by atoms with Gasteiger partial charge in [0.15, 0.2) is 16.7 Å². The Balaban J connectivity index is 1.57. The van der Waals surface area contributed by atoms with Gasteiger partial charge in [-0.05, 0) is 18.2 Å². The number of rotatable bonds is 9. The monoisotopic (exact) mass is 341 g/mol. The van der Waals surface area contributed by atoms with Crippen LogP contribution < -0.4 is 14.8 Å². The molecule has 0 spiro atoms. The molecule has 0 aliphatic rings. The number of ether oxygens (including phenoxy) is 2. The maximum atomic E-state index is 13.3. The maximum Gasteiger partial charge on any atom is 0.233 e. The summed E-state index contributed by atoms with van der Waals surface area (Å²) in [6.07, 6.45) is -0.721. The maximum absolute atomic E-state index is 13.3. The molecule has 0 aliphatic heterocycles. The number of nitrogens with one attached hydrogen (secondary N) is 1. The molecule has 1 unspecified atom stereocenters. The zero-order valence-electron chi connectivity index (χ0n) is 12.3. The predicted octanol–water partition coefficient (Wildman–Crippen LogP) is 1.68. The minimum atomic E-state index is -0.721. The van der Waals surface area contributed by atoms with Crippen LogP contribution in [0.1, 0.15) is 0 Å². The Morgan fingerprint density at radius 1 is 1.17 bits per heavy atom.